The van der Waals surface area contributed by atoms with Gasteiger partial charge in [-0.1, -0.05) is 30.3 Å². The van der Waals surface area contributed by atoms with Crippen molar-refractivity contribution in [2.75, 3.05) is 10.7 Å². The number of benzene rings is 2. The Labute approximate surface area is 160 Å². The molecule has 0 bridgehead atoms. The summed E-state index contributed by atoms with van der Waals surface area (Å²) in [7, 11) is 1.79. The van der Waals surface area contributed by atoms with Crippen LogP contribution in [-0.4, -0.2) is 21.0 Å². The van der Waals surface area contributed by atoms with Crippen molar-refractivity contribution in [1.82, 2.24) is 9.36 Å². The van der Waals surface area contributed by atoms with Gasteiger partial charge < -0.3 is 0 Å². The summed E-state index contributed by atoms with van der Waals surface area (Å²) in [6, 6.07) is 15.5. The SMILES string of the molecule is Cc1c(N2C(=O)CSC2c2cccc(F)c2)c(=O)n(-c2ccccc2)n1C. The van der Waals surface area contributed by atoms with E-state index in [0.717, 1.165) is 5.69 Å². The number of amides is 1. The number of carbonyl (C=O) groups is 1. The summed E-state index contributed by atoms with van der Waals surface area (Å²) < 4.78 is 17.0. The first-order valence-electron chi connectivity index (χ1n) is 8.52. The van der Waals surface area contributed by atoms with Gasteiger partial charge >= 0.3 is 0 Å². The van der Waals surface area contributed by atoms with E-state index in [9.17, 15) is 14.0 Å². The Bertz CT molecular complexity index is 1070. The van der Waals surface area contributed by atoms with Crippen LogP contribution < -0.4 is 10.5 Å². The molecule has 3 aromatic rings. The third-order valence-corrected chi connectivity index (χ3v) is 5.98. The van der Waals surface area contributed by atoms with Crippen molar-refractivity contribution in [2.24, 2.45) is 7.05 Å². The van der Waals surface area contributed by atoms with Crippen LogP contribution in [0.25, 0.3) is 5.69 Å². The zero-order valence-corrected chi connectivity index (χ0v) is 15.7. The summed E-state index contributed by atoms with van der Waals surface area (Å²) in [5.41, 5.74) is 2.14. The number of nitrogens with zero attached hydrogens (tertiary/aromatic N) is 3. The first-order valence-corrected chi connectivity index (χ1v) is 9.57. The van der Waals surface area contributed by atoms with Gasteiger partial charge in [-0.15, -0.1) is 11.8 Å². The van der Waals surface area contributed by atoms with Crippen molar-refractivity contribution in [1.29, 1.82) is 0 Å². The minimum Gasteiger partial charge on any atom is -0.288 e. The summed E-state index contributed by atoms with van der Waals surface area (Å²) in [4.78, 5) is 27.4. The molecule has 27 heavy (non-hydrogen) atoms. The van der Waals surface area contributed by atoms with Gasteiger partial charge in [-0.05, 0) is 36.8 Å². The predicted molar refractivity (Wildman–Crippen MR) is 105 cm³/mol. The minimum absolute atomic E-state index is 0.153. The van der Waals surface area contributed by atoms with Crippen LogP contribution in [0.4, 0.5) is 10.1 Å². The lowest BCUT2D eigenvalue weighted by Crippen LogP contribution is -2.33. The third-order valence-electron chi connectivity index (χ3n) is 4.77. The van der Waals surface area contributed by atoms with Crippen LogP contribution in [0, 0.1) is 12.7 Å². The van der Waals surface area contributed by atoms with Crippen molar-refractivity contribution < 1.29 is 9.18 Å². The standard InChI is InChI=1S/C20H18FN3O2S/c1-13-18(19(26)24(22(13)2)16-9-4-3-5-10-16)23-17(25)12-27-20(23)14-7-6-8-15(21)11-14/h3-11,20H,12H2,1-2H3. The number of aromatic nitrogens is 2. The first kappa shape index (κ1) is 17.6. The van der Waals surface area contributed by atoms with E-state index in [1.54, 1.807) is 28.5 Å². The van der Waals surface area contributed by atoms with Crippen LogP contribution >= 0.6 is 11.8 Å². The fourth-order valence-corrected chi connectivity index (χ4v) is 4.55. The van der Waals surface area contributed by atoms with Gasteiger partial charge in [0.2, 0.25) is 5.91 Å². The molecule has 1 atom stereocenters. The fourth-order valence-electron chi connectivity index (χ4n) is 3.40. The lowest BCUT2D eigenvalue weighted by atomic mass is 10.2. The lowest BCUT2D eigenvalue weighted by Gasteiger charge is -2.23. The maximum atomic E-state index is 13.7. The molecule has 1 aromatic heterocycles. The highest BCUT2D eigenvalue weighted by molar-refractivity contribution is 8.00. The number of thioether (sulfide) groups is 1. The monoisotopic (exact) mass is 383 g/mol. The third kappa shape index (κ3) is 2.88. The van der Waals surface area contributed by atoms with Gasteiger partial charge in [0.1, 0.15) is 16.9 Å². The molecule has 1 saturated heterocycles. The predicted octanol–water partition coefficient (Wildman–Crippen LogP) is 3.40. The van der Waals surface area contributed by atoms with Crippen molar-refractivity contribution in [2.45, 2.75) is 12.3 Å². The number of carbonyl (C=O) groups excluding carboxylic acids is 1. The Kier molecular flexibility index (Phi) is 4.39. The maximum Gasteiger partial charge on any atom is 0.295 e. The maximum absolute atomic E-state index is 13.7. The van der Waals surface area contributed by atoms with Crippen LogP contribution in [0.5, 0.6) is 0 Å². The molecular formula is C20H18FN3O2S. The summed E-state index contributed by atoms with van der Waals surface area (Å²) in [5.74, 6) is -0.264. The summed E-state index contributed by atoms with van der Waals surface area (Å²) in [5, 5.41) is -0.425. The zero-order chi connectivity index (χ0) is 19.1. The van der Waals surface area contributed by atoms with E-state index in [0.29, 0.717) is 16.9 Å². The van der Waals surface area contributed by atoms with Gasteiger partial charge in [0, 0.05) is 7.05 Å². The van der Waals surface area contributed by atoms with Gasteiger partial charge in [0.15, 0.2) is 0 Å². The van der Waals surface area contributed by atoms with E-state index < -0.39 is 5.37 Å². The van der Waals surface area contributed by atoms with Crippen molar-refractivity contribution in [3.63, 3.8) is 0 Å². The van der Waals surface area contributed by atoms with Gasteiger partial charge in [0.25, 0.3) is 5.56 Å². The second kappa shape index (κ2) is 6.74. The largest absolute Gasteiger partial charge is 0.295 e. The van der Waals surface area contributed by atoms with Gasteiger partial charge in [-0.3, -0.25) is 19.2 Å². The van der Waals surface area contributed by atoms with Crippen LogP contribution in [0.1, 0.15) is 16.6 Å². The molecule has 0 spiro atoms. The number of rotatable bonds is 3. The molecule has 138 valence electrons. The average Bonchev–Trinajstić information content (AvgIpc) is 3.13. The first-order chi connectivity index (χ1) is 13.0. The molecule has 2 aromatic carbocycles. The van der Waals surface area contributed by atoms with E-state index in [1.165, 1.54) is 28.8 Å². The second-order valence-corrected chi connectivity index (χ2v) is 7.46. The topological polar surface area (TPSA) is 47.2 Å². The van der Waals surface area contributed by atoms with E-state index in [-0.39, 0.29) is 23.0 Å². The lowest BCUT2D eigenvalue weighted by molar-refractivity contribution is -0.115. The molecule has 1 aliphatic heterocycles. The van der Waals surface area contributed by atoms with Crippen molar-refractivity contribution in [3.05, 3.63) is 82.0 Å². The van der Waals surface area contributed by atoms with Crippen LogP contribution in [-0.2, 0) is 11.8 Å². The number of hydrogen-bond acceptors (Lipinski definition) is 3. The normalized spacial score (nSPS) is 16.9. The highest BCUT2D eigenvalue weighted by Crippen LogP contribution is 2.41. The number of para-hydroxylation sites is 1. The highest BCUT2D eigenvalue weighted by atomic mass is 32.2. The fraction of sp³-hybridized carbons (Fsp3) is 0.200. The molecule has 1 amide bonds. The van der Waals surface area contributed by atoms with E-state index in [2.05, 4.69) is 0 Å². The van der Waals surface area contributed by atoms with Gasteiger partial charge in [0.05, 0.1) is 17.1 Å². The molecule has 0 aliphatic carbocycles. The molecule has 2 heterocycles. The molecule has 7 heteroatoms. The number of hydrogen-bond donors (Lipinski definition) is 0. The summed E-state index contributed by atoms with van der Waals surface area (Å²) in [6.07, 6.45) is 0. The van der Waals surface area contributed by atoms with Crippen LogP contribution in [0.15, 0.2) is 59.4 Å². The molecule has 1 aliphatic rings. The molecule has 0 radical (unpaired) electrons. The molecule has 1 unspecified atom stereocenters. The van der Waals surface area contributed by atoms with Crippen LogP contribution in [0.2, 0.25) is 0 Å². The van der Waals surface area contributed by atoms with Gasteiger partial charge in [-0.2, -0.15) is 0 Å². The molecule has 0 N–H and O–H groups in total. The Hall–Kier alpha value is -2.80. The molecule has 0 saturated carbocycles. The molecular weight excluding hydrogens is 365 g/mol. The van der Waals surface area contributed by atoms with Gasteiger partial charge in [-0.25, -0.2) is 9.07 Å². The number of anilines is 1. The summed E-state index contributed by atoms with van der Waals surface area (Å²) in [6.45, 7) is 1.81. The average molecular weight is 383 g/mol. The Morgan fingerprint density at radius 3 is 2.52 bits per heavy atom. The number of halogens is 1. The highest BCUT2D eigenvalue weighted by Gasteiger charge is 2.38. The molecule has 5 nitrogen and oxygen atoms in total. The Morgan fingerprint density at radius 1 is 1.07 bits per heavy atom. The Morgan fingerprint density at radius 2 is 1.81 bits per heavy atom. The summed E-state index contributed by atoms with van der Waals surface area (Å²) >= 11 is 1.40. The van der Waals surface area contributed by atoms with E-state index in [1.807, 2.05) is 37.3 Å². The smallest absolute Gasteiger partial charge is 0.288 e. The van der Waals surface area contributed by atoms with Crippen molar-refractivity contribution in [3.8, 4) is 5.69 Å². The van der Waals surface area contributed by atoms with E-state index in [4.69, 9.17) is 0 Å². The van der Waals surface area contributed by atoms with Crippen LogP contribution in [0.3, 0.4) is 0 Å². The second-order valence-electron chi connectivity index (χ2n) is 6.39. The quantitative estimate of drug-likeness (QED) is 0.696. The minimum atomic E-state index is -0.425. The molecule has 1 fully saturated rings. The zero-order valence-electron chi connectivity index (χ0n) is 14.9. The Balaban J connectivity index is 1.87. The molecule has 4 rings (SSSR count). The van der Waals surface area contributed by atoms with Crippen molar-refractivity contribution >= 4 is 23.4 Å². The van der Waals surface area contributed by atoms with E-state index >= 15 is 0 Å².